The molecule has 0 spiro atoms. The summed E-state index contributed by atoms with van der Waals surface area (Å²) in [7, 11) is 1.34. The van der Waals surface area contributed by atoms with Crippen LogP contribution in [0.3, 0.4) is 0 Å². The molecule has 0 aromatic heterocycles. The van der Waals surface area contributed by atoms with Gasteiger partial charge in [-0.05, 0) is 54.7 Å². The maximum absolute atomic E-state index is 14.8. The number of hydrogen-bond acceptors (Lipinski definition) is 2. The molecule has 0 aliphatic heterocycles. The lowest BCUT2D eigenvalue weighted by Crippen LogP contribution is -1.94. The van der Waals surface area contributed by atoms with E-state index in [4.69, 9.17) is 4.74 Å². The van der Waals surface area contributed by atoms with Gasteiger partial charge in [0.2, 0.25) is 0 Å². The fraction of sp³-hybridized carbons (Fsp3) is 0.133. The Morgan fingerprint density at radius 1 is 0.886 bits per heavy atom. The maximum atomic E-state index is 14.8. The lowest BCUT2D eigenvalue weighted by Gasteiger charge is -2.10. The van der Waals surface area contributed by atoms with Crippen molar-refractivity contribution in [3.05, 3.63) is 127 Å². The SMILES string of the molecule is C=C(/C=C(/F)C(=C)OC)CCc1ccc(-c2ccc(-c3ccc(O)cc3)c(F)c2F)cc1.C=CC. The molecule has 0 fully saturated rings. The first-order valence-electron chi connectivity index (χ1n) is 10.9. The second-order valence-corrected chi connectivity index (χ2v) is 7.72. The number of phenolic OH excluding ortho intramolecular Hbond substituents is 1. The molecule has 0 unspecified atom stereocenters. The molecule has 3 aromatic rings. The number of aryl methyl sites for hydroxylation is 1. The summed E-state index contributed by atoms with van der Waals surface area (Å²) in [6.07, 6.45) is 4.17. The number of rotatable bonds is 8. The molecule has 0 saturated carbocycles. The van der Waals surface area contributed by atoms with Crippen molar-refractivity contribution in [1.82, 2.24) is 0 Å². The van der Waals surface area contributed by atoms with Gasteiger partial charge in [-0.1, -0.05) is 73.3 Å². The number of ether oxygens (including phenoxy) is 1. The van der Waals surface area contributed by atoms with Crippen molar-refractivity contribution in [1.29, 1.82) is 0 Å². The van der Waals surface area contributed by atoms with Crippen LogP contribution in [-0.2, 0) is 11.2 Å². The first-order valence-corrected chi connectivity index (χ1v) is 10.9. The van der Waals surface area contributed by atoms with Crippen LogP contribution < -0.4 is 0 Å². The third-order valence-electron chi connectivity index (χ3n) is 5.10. The number of methoxy groups -OCH3 is 1. The van der Waals surface area contributed by atoms with Gasteiger partial charge in [0.15, 0.2) is 17.5 Å². The Morgan fingerprint density at radius 2 is 1.34 bits per heavy atom. The normalized spacial score (nSPS) is 10.7. The Bertz CT molecular complexity index is 1210. The topological polar surface area (TPSA) is 29.5 Å². The first kappa shape index (κ1) is 27.3. The largest absolute Gasteiger partial charge is 0.508 e. The Labute approximate surface area is 205 Å². The fourth-order valence-corrected chi connectivity index (χ4v) is 3.22. The Morgan fingerprint density at radius 3 is 1.80 bits per heavy atom. The van der Waals surface area contributed by atoms with Crippen molar-refractivity contribution in [3.8, 4) is 28.0 Å². The second-order valence-electron chi connectivity index (χ2n) is 7.72. The van der Waals surface area contributed by atoms with Gasteiger partial charge in [-0.3, -0.25) is 0 Å². The van der Waals surface area contributed by atoms with Gasteiger partial charge in [-0.25, -0.2) is 13.2 Å². The molecule has 0 bridgehead atoms. The maximum Gasteiger partial charge on any atom is 0.167 e. The minimum Gasteiger partial charge on any atom is -0.508 e. The summed E-state index contributed by atoms with van der Waals surface area (Å²) in [6.45, 7) is 12.5. The van der Waals surface area contributed by atoms with E-state index in [-0.39, 0.29) is 22.6 Å². The van der Waals surface area contributed by atoms with Crippen LogP contribution in [0.15, 0.2) is 110 Å². The minimum absolute atomic E-state index is 0.0523. The number of allylic oxidation sites excluding steroid dienone is 4. The van der Waals surface area contributed by atoms with Crippen LogP contribution in [-0.4, -0.2) is 12.2 Å². The van der Waals surface area contributed by atoms with E-state index in [1.807, 2.05) is 19.1 Å². The zero-order valence-electron chi connectivity index (χ0n) is 20.0. The molecule has 35 heavy (non-hydrogen) atoms. The van der Waals surface area contributed by atoms with E-state index in [0.29, 0.717) is 29.5 Å². The van der Waals surface area contributed by atoms with Crippen molar-refractivity contribution in [2.75, 3.05) is 7.11 Å². The van der Waals surface area contributed by atoms with E-state index in [9.17, 15) is 18.3 Å². The Balaban J connectivity index is 0.00000137. The van der Waals surface area contributed by atoms with Crippen LogP contribution in [0, 0.1) is 11.6 Å². The number of aromatic hydroxyl groups is 1. The second kappa shape index (κ2) is 13.0. The van der Waals surface area contributed by atoms with Gasteiger partial charge in [0.1, 0.15) is 11.5 Å². The average Bonchev–Trinajstić information content (AvgIpc) is 2.85. The molecule has 0 radical (unpaired) electrons. The lowest BCUT2D eigenvalue weighted by atomic mass is 9.97. The quantitative estimate of drug-likeness (QED) is 0.199. The van der Waals surface area contributed by atoms with Crippen molar-refractivity contribution in [3.63, 3.8) is 0 Å². The molecule has 0 atom stereocenters. The van der Waals surface area contributed by atoms with Gasteiger partial charge >= 0.3 is 0 Å². The highest BCUT2D eigenvalue weighted by Gasteiger charge is 2.16. The van der Waals surface area contributed by atoms with E-state index in [1.165, 1.54) is 49.6 Å². The highest BCUT2D eigenvalue weighted by atomic mass is 19.2. The fourth-order valence-electron chi connectivity index (χ4n) is 3.22. The molecule has 0 saturated heterocycles. The summed E-state index contributed by atoms with van der Waals surface area (Å²) < 4.78 is 48.0. The molecule has 3 rings (SSSR count). The van der Waals surface area contributed by atoms with Gasteiger partial charge in [0.05, 0.1) is 7.11 Å². The first-order chi connectivity index (χ1) is 16.7. The smallest absolute Gasteiger partial charge is 0.167 e. The summed E-state index contributed by atoms with van der Waals surface area (Å²) in [6, 6.07) is 16.0. The van der Waals surface area contributed by atoms with E-state index >= 15 is 0 Å². The van der Waals surface area contributed by atoms with Crippen molar-refractivity contribution in [2.24, 2.45) is 0 Å². The molecule has 0 aliphatic rings. The van der Waals surface area contributed by atoms with Crippen LogP contribution in [0.1, 0.15) is 18.9 Å². The molecule has 0 amide bonds. The molecule has 5 heteroatoms. The molecular weight excluding hydrogens is 449 g/mol. The van der Waals surface area contributed by atoms with E-state index in [0.717, 1.165) is 5.56 Å². The lowest BCUT2D eigenvalue weighted by molar-refractivity contribution is 0.285. The van der Waals surface area contributed by atoms with E-state index in [1.54, 1.807) is 18.2 Å². The molecule has 2 nitrogen and oxygen atoms in total. The number of phenols is 1. The molecule has 1 N–H and O–H groups in total. The zero-order valence-corrected chi connectivity index (χ0v) is 20.0. The summed E-state index contributed by atoms with van der Waals surface area (Å²) in [5.41, 5.74) is 2.84. The van der Waals surface area contributed by atoms with Gasteiger partial charge in [-0.15, -0.1) is 6.58 Å². The Hall–Kier alpha value is -3.99. The third kappa shape index (κ3) is 7.51. The van der Waals surface area contributed by atoms with Crippen molar-refractivity contribution >= 4 is 0 Å². The van der Waals surface area contributed by atoms with Crippen LogP contribution in [0.2, 0.25) is 0 Å². The zero-order chi connectivity index (χ0) is 26.0. The Kier molecular flexibility index (Phi) is 10.2. The number of halogens is 3. The van der Waals surface area contributed by atoms with Crippen molar-refractivity contribution in [2.45, 2.75) is 19.8 Å². The number of hydrogen-bond donors (Lipinski definition) is 1. The third-order valence-corrected chi connectivity index (χ3v) is 5.10. The van der Waals surface area contributed by atoms with Crippen molar-refractivity contribution < 1.29 is 23.0 Å². The van der Waals surface area contributed by atoms with E-state index in [2.05, 4.69) is 19.7 Å². The summed E-state index contributed by atoms with van der Waals surface area (Å²) in [5.74, 6) is -2.45. The summed E-state index contributed by atoms with van der Waals surface area (Å²) in [5, 5.41) is 9.38. The predicted molar refractivity (Wildman–Crippen MR) is 138 cm³/mol. The summed E-state index contributed by atoms with van der Waals surface area (Å²) >= 11 is 0. The van der Waals surface area contributed by atoms with Gasteiger partial charge in [-0.2, -0.15) is 0 Å². The number of benzene rings is 3. The molecule has 0 heterocycles. The predicted octanol–water partition coefficient (Wildman–Crippen LogP) is 8.70. The van der Waals surface area contributed by atoms with Gasteiger partial charge < -0.3 is 9.84 Å². The monoisotopic (exact) mass is 478 g/mol. The highest BCUT2D eigenvalue weighted by Crippen LogP contribution is 2.32. The van der Waals surface area contributed by atoms with Crippen LogP contribution in [0.4, 0.5) is 13.2 Å². The molecule has 3 aromatic carbocycles. The van der Waals surface area contributed by atoms with Crippen LogP contribution >= 0.6 is 0 Å². The van der Waals surface area contributed by atoms with E-state index < -0.39 is 17.5 Å². The minimum atomic E-state index is -0.944. The average molecular weight is 479 g/mol. The van der Waals surface area contributed by atoms with Crippen LogP contribution in [0.5, 0.6) is 5.75 Å². The molecular formula is C30H29F3O2. The molecule has 0 aliphatic carbocycles. The van der Waals surface area contributed by atoms with Gasteiger partial charge in [0.25, 0.3) is 0 Å². The van der Waals surface area contributed by atoms with Crippen LogP contribution in [0.25, 0.3) is 22.3 Å². The standard InChI is InChI=1S/C27H23F3O2.C3H6/c1-17(16-25(28)18(2)32-3)4-5-19-6-8-20(9-7-19)23-14-15-24(27(30)26(23)29)21-10-12-22(31)13-11-21;1-3-2/h6-16,31H,1-2,4-5H2,3H3;3H,1H2,2H3/b25-16+;. The molecule has 182 valence electrons. The summed E-state index contributed by atoms with van der Waals surface area (Å²) in [4.78, 5) is 0. The van der Waals surface area contributed by atoms with Gasteiger partial charge in [0, 0.05) is 11.1 Å². The highest BCUT2D eigenvalue weighted by molar-refractivity contribution is 5.72.